The van der Waals surface area contributed by atoms with Gasteiger partial charge in [0.05, 0.1) is 16.0 Å². The number of rotatable bonds is 2. The summed E-state index contributed by atoms with van der Waals surface area (Å²) in [6.45, 7) is 0. The first-order valence-electron chi connectivity index (χ1n) is 6.27. The topological polar surface area (TPSA) is 64.3 Å². The standard InChI is InChI=1S/C12H14ClN3O2S/c13-9-4-5-12-14-11(15-16(12)8-9)7-10-3-1-2-6-19(10,17)18/h4-5,8,10H,1-3,6-7H2. The molecule has 1 aliphatic rings. The average Bonchev–Trinajstić information content (AvgIpc) is 2.73. The van der Waals surface area contributed by atoms with Gasteiger partial charge in [-0.2, -0.15) is 5.10 Å². The van der Waals surface area contributed by atoms with Gasteiger partial charge in [0.1, 0.15) is 0 Å². The van der Waals surface area contributed by atoms with Gasteiger partial charge in [-0.15, -0.1) is 0 Å². The third-order valence-electron chi connectivity index (χ3n) is 3.46. The summed E-state index contributed by atoms with van der Waals surface area (Å²) in [5, 5.41) is 4.53. The third-order valence-corrected chi connectivity index (χ3v) is 5.96. The van der Waals surface area contributed by atoms with Crippen molar-refractivity contribution in [2.45, 2.75) is 30.9 Å². The molecule has 19 heavy (non-hydrogen) atoms. The van der Waals surface area contributed by atoms with E-state index in [2.05, 4.69) is 10.1 Å². The second-order valence-corrected chi connectivity index (χ2v) is 7.70. The van der Waals surface area contributed by atoms with Crippen LogP contribution in [0, 0.1) is 0 Å². The molecule has 1 saturated heterocycles. The molecule has 1 atom stereocenters. The molecule has 0 bridgehead atoms. The highest BCUT2D eigenvalue weighted by Crippen LogP contribution is 2.22. The summed E-state index contributed by atoms with van der Waals surface area (Å²) in [5.41, 5.74) is 0.688. The van der Waals surface area contributed by atoms with Gasteiger partial charge in [-0.3, -0.25) is 0 Å². The van der Waals surface area contributed by atoms with Crippen LogP contribution in [0.3, 0.4) is 0 Å². The average molecular weight is 300 g/mol. The minimum atomic E-state index is -2.98. The number of sulfone groups is 1. The normalized spacial score (nSPS) is 22.7. The van der Waals surface area contributed by atoms with Crippen LogP contribution in [0.1, 0.15) is 25.1 Å². The van der Waals surface area contributed by atoms with Gasteiger partial charge >= 0.3 is 0 Å². The van der Waals surface area contributed by atoms with Crippen molar-refractivity contribution in [3.63, 3.8) is 0 Å². The Morgan fingerprint density at radius 2 is 2.21 bits per heavy atom. The van der Waals surface area contributed by atoms with Crippen LogP contribution in [0.2, 0.25) is 5.02 Å². The smallest absolute Gasteiger partial charge is 0.155 e. The molecule has 0 saturated carbocycles. The Morgan fingerprint density at radius 3 is 3.00 bits per heavy atom. The molecular weight excluding hydrogens is 286 g/mol. The quantitative estimate of drug-likeness (QED) is 0.849. The van der Waals surface area contributed by atoms with Crippen molar-refractivity contribution in [1.29, 1.82) is 0 Å². The minimum Gasteiger partial charge on any atom is -0.229 e. The molecule has 0 aliphatic carbocycles. The van der Waals surface area contributed by atoms with Crippen molar-refractivity contribution < 1.29 is 8.42 Å². The Kier molecular flexibility index (Phi) is 3.22. The Labute approximate surface area is 116 Å². The van der Waals surface area contributed by atoms with E-state index >= 15 is 0 Å². The molecule has 2 aromatic rings. The summed E-state index contributed by atoms with van der Waals surface area (Å²) >= 11 is 5.88. The van der Waals surface area contributed by atoms with E-state index in [0.29, 0.717) is 29.3 Å². The highest BCUT2D eigenvalue weighted by Gasteiger charge is 2.30. The molecule has 1 unspecified atom stereocenters. The molecule has 0 spiro atoms. The summed E-state index contributed by atoms with van der Waals surface area (Å²) in [6, 6.07) is 3.51. The number of halogens is 1. The van der Waals surface area contributed by atoms with Crippen LogP contribution in [-0.4, -0.2) is 34.0 Å². The van der Waals surface area contributed by atoms with Gasteiger partial charge < -0.3 is 0 Å². The second-order valence-electron chi connectivity index (χ2n) is 4.87. The zero-order valence-electron chi connectivity index (χ0n) is 10.3. The van der Waals surface area contributed by atoms with Gasteiger partial charge in [0.25, 0.3) is 0 Å². The summed E-state index contributed by atoms with van der Waals surface area (Å²) in [5.74, 6) is 0.856. The SMILES string of the molecule is O=S1(=O)CCCCC1Cc1nc2ccc(Cl)cn2n1. The minimum absolute atomic E-state index is 0.289. The van der Waals surface area contributed by atoms with Gasteiger partial charge in [0, 0.05) is 12.6 Å². The van der Waals surface area contributed by atoms with Crippen LogP contribution in [0.4, 0.5) is 0 Å². The van der Waals surface area contributed by atoms with Crippen molar-refractivity contribution in [3.05, 3.63) is 29.2 Å². The Hall–Kier alpha value is -1.14. The predicted octanol–water partition coefficient (Wildman–Crippen LogP) is 1.89. The van der Waals surface area contributed by atoms with Crippen LogP contribution in [-0.2, 0) is 16.3 Å². The van der Waals surface area contributed by atoms with Crippen molar-refractivity contribution in [3.8, 4) is 0 Å². The predicted molar refractivity (Wildman–Crippen MR) is 73.1 cm³/mol. The summed E-state index contributed by atoms with van der Waals surface area (Å²) in [7, 11) is -2.98. The third kappa shape index (κ3) is 2.60. The lowest BCUT2D eigenvalue weighted by molar-refractivity contribution is 0.534. The van der Waals surface area contributed by atoms with Crippen LogP contribution in [0.5, 0.6) is 0 Å². The van der Waals surface area contributed by atoms with E-state index in [4.69, 9.17) is 11.6 Å². The fourth-order valence-electron chi connectivity index (χ4n) is 2.44. The van der Waals surface area contributed by atoms with Crippen molar-refractivity contribution in [2.24, 2.45) is 0 Å². The lowest BCUT2D eigenvalue weighted by Crippen LogP contribution is -2.30. The Bertz CT molecular complexity index is 711. The Morgan fingerprint density at radius 1 is 1.37 bits per heavy atom. The van der Waals surface area contributed by atoms with Crippen molar-refractivity contribution in [1.82, 2.24) is 14.6 Å². The van der Waals surface area contributed by atoms with E-state index in [0.717, 1.165) is 12.8 Å². The van der Waals surface area contributed by atoms with Crippen LogP contribution < -0.4 is 0 Å². The molecule has 0 radical (unpaired) electrons. The van der Waals surface area contributed by atoms with Crippen molar-refractivity contribution in [2.75, 3.05) is 5.75 Å². The van der Waals surface area contributed by atoms with E-state index in [1.807, 2.05) is 0 Å². The van der Waals surface area contributed by atoms with E-state index in [9.17, 15) is 8.42 Å². The highest BCUT2D eigenvalue weighted by atomic mass is 35.5. The largest absolute Gasteiger partial charge is 0.229 e. The van der Waals surface area contributed by atoms with E-state index in [1.54, 1.807) is 22.8 Å². The van der Waals surface area contributed by atoms with Gasteiger partial charge in [0.2, 0.25) is 0 Å². The van der Waals surface area contributed by atoms with E-state index in [-0.39, 0.29) is 11.0 Å². The molecule has 0 aromatic carbocycles. The van der Waals surface area contributed by atoms with Crippen LogP contribution >= 0.6 is 11.6 Å². The molecule has 102 valence electrons. The molecule has 0 N–H and O–H groups in total. The monoisotopic (exact) mass is 299 g/mol. The van der Waals surface area contributed by atoms with Crippen LogP contribution in [0.15, 0.2) is 18.3 Å². The molecule has 1 fully saturated rings. The molecule has 5 nitrogen and oxygen atoms in total. The molecule has 2 aromatic heterocycles. The number of hydrogen-bond donors (Lipinski definition) is 0. The number of fused-ring (bicyclic) bond motifs is 1. The zero-order valence-corrected chi connectivity index (χ0v) is 11.9. The first-order chi connectivity index (χ1) is 9.04. The number of nitrogens with zero attached hydrogens (tertiary/aromatic N) is 3. The van der Waals surface area contributed by atoms with Gasteiger partial charge in [-0.25, -0.2) is 17.9 Å². The maximum atomic E-state index is 12.0. The van der Waals surface area contributed by atoms with Crippen LogP contribution in [0.25, 0.3) is 5.65 Å². The fraction of sp³-hybridized carbons (Fsp3) is 0.500. The zero-order chi connectivity index (χ0) is 13.5. The lowest BCUT2D eigenvalue weighted by atomic mass is 10.1. The van der Waals surface area contributed by atoms with Gasteiger partial charge in [-0.05, 0) is 25.0 Å². The van der Waals surface area contributed by atoms with Gasteiger partial charge in [-0.1, -0.05) is 18.0 Å². The van der Waals surface area contributed by atoms with Gasteiger partial charge in [0.15, 0.2) is 21.3 Å². The highest BCUT2D eigenvalue weighted by molar-refractivity contribution is 7.92. The first-order valence-corrected chi connectivity index (χ1v) is 8.36. The maximum Gasteiger partial charge on any atom is 0.155 e. The summed E-state index contributed by atoms with van der Waals surface area (Å²) in [4.78, 5) is 4.34. The van der Waals surface area contributed by atoms with E-state index < -0.39 is 9.84 Å². The number of hydrogen-bond acceptors (Lipinski definition) is 4. The molecule has 3 heterocycles. The molecule has 0 amide bonds. The van der Waals surface area contributed by atoms with E-state index in [1.165, 1.54) is 0 Å². The maximum absolute atomic E-state index is 12.0. The molecule has 3 rings (SSSR count). The van der Waals surface area contributed by atoms with Crippen molar-refractivity contribution >= 4 is 27.1 Å². The molecular formula is C12H14ClN3O2S. The lowest BCUT2D eigenvalue weighted by Gasteiger charge is -2.20. The number of aromatic nitrogens is 3. The summed E-state index contributed by atoms with van der Waals surface area (Å²) < 4.78 is 25.5. The fourth-order valence-corrected chi connectivity index (χ4v) is 4.47. The summed E-state index contributed by atoms with van der Waals surface area (Å²) in [6.07, 6.45) is 4.50. The molecule has 7 heteroatoms. The first kappa shape index (κ1) is 12.9. The Balaban J connectivity index is 1.88. The number of pyridine rings is 1. The second kappa shape index (κ2) is 4.76. The molecule has 1 aliphatic heterocycles.